The first-order valence-corrected chi connectivity index (χ1v) is 6.68. The molecule has 0 spiro atoms. The lowest BCUT2D eigenvalue weighted by Crippen LogP contribution is -2.32. The van der Waals surface area contributed by atoms with Crippen molar-refractivity contribution in [1.82, 2.24) is 15.3 Å². The number of hydrogen-bond donors (Lipinski definition) is 2. The molecule has 0 aromatic carbocycles. The van der Waals surface area contributed by atoms with E-state index in [0.717, 1.165) is 12.2 Å². The van der Waals surface area contributed by atoms with Crippen LogP contribution in [0.2, 0.25) is 0 Å². The van der Waals surface area contributed by atoms with Gasteiger partial charge in [-0.15, -0.1) is 11.3 Å². The molecule has 0 aliphatic carbocycles. The Labute approximate surface area is 114 Å². The molecule has 8 heteroatoms. The molecule has 2 rings (SSSR count). The van der Waals surface area contributed by atoms with Gasteiger partial charge in [-0.1, -0.05) is 0 Å². The van der Waals surface area contributed by atoms with Crippen LogP contribution in [0.3, 0.4) is 0 Å². The lowest BCUT2D eigenvalue weighted by atomic mass is 10.2. The molecule has 0 saturated heterocycles. The number of aromatic nitrogens is 1. The van der Waals surface area contributed by atoms with E-state index in [1.165, 1.54) is 11.3 Å². The van der Waals surface area contributed by atoms with Crippen molar-refractivity contribution in [3.63, 3.8) is 0 Å². The Kier molecular flexibility index (Phi) is 4.23. The number of nitrogens with zero attached hydrogens (tertiary/aromatic N) is 3. The van der Waals surface area contributed by atoms with E-state index in [1.54, 1.807) is 0 Å². The van der Waals surface area contributed by atoms with Crippen molar-refractivity contribution in [3.8, 4) is 0 Å². The third-order valence-electron chi connectivity index (χ3n) is 2.42. The predicted octanol–water partition coefficient (Wildman–Crippen LogP) is 0.409. The van der Waals surface area contributed by atoms with Crippen LogP contribution < -0.4 is 10.7 Å². The normalized spacial score (nSPS) is 15.1. The highest BCUT2D eigenvalue weighted by atomic mass is 32.1. The summed E-state index contributed by atoms with van der Waals surface area (Å²) in [5.41, 5.74) is 3.52. The van der Waals surface area contributed by atoms with Gasteiger partial charge in [0.2, 0.25) is 5.91 Å². The summed E-state index contributed by atoms with van der Waals surface area (Å²) >= 11 is 1.37. The maximum atomic E-state index is 11.9. The first-order valence-electron chi connectivity index (χ1n) is 5.80. The molecular weight excluding hydrogens is 266 g/mol. The molecular formula is C11H15N5O2S. The van der Waals surface area contributed by atoms with Crippen LogP contribution in [-0.2, 0) is 16.1 Å². The van der Waals surface area contributed by atoms with Gasteiger partial charge >= 0.3 is 0 Å². The van der Waals surface area contributed by atoms with E-state index in [9.17, 15) is 9.59 Å². The molecule has 0 saturated carbocycles. The summed E-state index contributed by atoms with van der Waals surface area (Å²) in [7, 11) is 3.91. The van der Waals surface area contributed by atoms with Crippen molar-refractivity contribution in [1.29, 1.82) is 0 Å². The molecule has 0 fully saturated rings. The first-order chi connectivity index (χ1) is 9.04. The number of carbonyl (C=O) groups is 2. The summed E-state index contributed by atoms with van der Waals surface area (Å²) in [6.07, 6.45) is 0.642. The number of rotatable bonds is 4. The number of amides is 2. The second kappa shape index (κ2) is 5.89. The number of carbonyl (C=O) groups excluding carboxylic acids is 2. The number of hydrazone groups is 1. The lowest BCUT2D eigenvalue weighted by Gasteiger charge is -2.10. The Hall–Kier alpha value is -1.80. The van der Waals surface area contributed by atoms with E-state index in [2.05, 4.69) is 20.8 Å². The van der Waals surface area contributed by atoms with Gasteiger partial charge in [0.05, 0.1) is 5.69 Å². The third kappa shape index (κ3) is 3.83. The van der Waals surface area contributed by atoms with E-state index in [0.29, 0.717) is 17.3 Å². The van der Waals surface area contributed by atoms with Crippen molar-refractivity contribution in [2.75, 3.05) is 19.4 Å². The molecule has 7 nitrogen and oxygen atoms in total. The van der Waals surface area contributed by atoms with E-state index in [1.807, 2.05) is 24.4 Å². The minimum absolute atomic E-state index is 0.168. The second-order valence-electron chi connectivity index (χ2n) is 4.43. The Bertz CT molecular complexity index is 523. The number of thiazole rings is 1. The average molecular weight is 281 g/mol. The minimum Gasteiger partial charge on any atom is -0.304 e. The SMILES string of the molecule is CN(C)Cc1csc(NC(=O)C2=NNC(=O)CC2)n1. The monoisotopic (exact) mass is 281 g/mol. The van der Waals surface area contributed by atoms with Crippen LogP contribution in [0.1, 0.15) is 18.5 Å². The quantitative estimate of drug-likeness (QED) is 0.837. The molecule has 0 radical (unpaired) electrons. The third-order valence-corrected chi connectivity index (χ3v) is 3.22. The van der Waals surface area contributed by atoms with E-state index in [4.69, 9.17) is 0 Å². The zero-order valence-electron chi connectivity index (χ0n) is 10.8. The van der Waals surface area contributed by atoms with Gasteiger partial charge in [-0.25, -0.2) is 10.4 Å². The summed E-state index contributed by atoms with van der Waals surface area (Å²) < 4.78 is 0. The van der Waals surface area contributed by atoms with Gasteiger partial charge in [0.15, 0.2) is 5.13 Å². The van der Waals surface area contributed by atoms with Crippen LogP contribution in [0, 0.1) is 0 Å². The van der Waals surface area contributed by atoms with Gasteiger partial charge < -0.3 is 4.90 Å². The number of hydrogen-bond acceptors (Lipinski definition) is 6. The van der Waals surface area contributed by atoms with Crippen molar-refractivity contribution in [2.45, 2.75) is 19.4 Å². The van der Waals surface area contributed by atoms with Gasteiger partial charge in [-0.3, -0.25) is 14.9 Å². The van der Waals surface area contributed by atoms with Crippen molar-refractivity contribution >= 4 is 34.0 Å². The zero-order valence-corrected chi connectivity index (χ0v) is 11.6. The summed E-state index contributed by atoms with van der Waals surface area (Å²) in [5.74, 6) is -0.482. The highest BCUT2D eigenvalue weighted by molar-refractivity contribution is 7.14. The highest BCUT2D eigenvalue weighted by Gasteiger charge is 2.19. The molecule has 0 atom stereocenters. The summed E-state index contributed by atoms with van der Waals surface area (Å²) in [5, 5.41) is 8.87. The van der Waals surface area contributed by atoms with Crippen molar-refractivity contribution in [3.05, 3.63) is 11.1 Å². The maximum Gasteiger partial charge on any atom is 0.273 e. The van der Waals surface area contributed by atoms with Gasteiger partial charge in [0.25, 0.3) is 5.91 Å². The zero-order chi connectivity index (χ0) is 13.8. The largest absolute Gasteiger partial charge is 0.304 e. The average Bonchev–Trinajstić information content (AvgIpc) is 2.76. The summed E-state index contributed by atoms with van der Waals surface area (Å²) in [6.45, 7) is 0.726. The summed E-state index contributed by atoms with van der Waals surface area (Å²) in [6, 6.07) is 0. The predicted molar refractivity (Wildman–Crippen MR) is 72.9 cm³/mol. The molecule has 102 valence electrons. The maximum absolute atomic E-state index is 11.9. The molecule has 1 aromatic heterocycles. The van der Waals surface area contributed by atoms with Gasteiger partial charge in [0, 0.05) is 24.8 Å². The van der Waals surface area contributed by atoms with Crippen LogP contribution in [0.25, 0.3) is 0 Å². The van der Waals surface area contributed by atoms with Crippen molar-refractivity contribution < 1.29 is 9.59 Å². The van der Waals surface area contributed by atoms with Gasteiger partial charge in [0.1, 0.15) is 5.71 Å². The first kappa shape index (κ1) is 13.6. The number of anilines is 1. The molecule has 2 heterocycles. The molecule has 0 unspecified atom stereocenters. The van der Waals surface area contributed by atoms with Crippen molar-refractivity contribution in [2.24, 2.45) is 5.10 Å². The topological polar surface area (TPSA) is 86.7 Å². The molecule has 19 heavy (non-hydrogen) atoms. The van der Waals surface area contributed by atoms with Crippen LogP contribution in [0.5, 0.6) is 0 Å². The lowest BCUT2D eigenvalue weighted by molar-refractivity contribution is -0.121. The smallest absolute Gasteiger partial charge is 0.273 e. The fraction of sp³-hybridized carbons (Fsp3) is 0.455. The Balaban J connectivity index is 1.95. The second-order valence-corrected chi connectivity index (χ2v) is 5.29. The van der Waals surface area contributed by atoms with Gasteiger partial charge in [-0.05, 0) is 14.1 Å². The molecule has 2 N–H and O–H groups in total. The van der Waals surface area contributed by atoms with Crippen LogP contribution in [0.15, 0.2) is 10.5 Å². The standard InChI is InChI=1S/C11H15N5O2S/c1-16(2)5-7-6-19-11(12-7)13-10(18)8-3-4-9(17)15-14-8/h6H,3-5H2,1-2H3,(H,15,17)(H,12,13,18). The highest BCUT2D eigenvalue weighted by Crippen LogP contribution is 2.16. The van der Waals surface area contributed by atoms with Gasteiger partial charge in [-0.2, -0.15) is 5.10 Å². The van der Waals surface area contributed by atoms with E-state index in [-0.39, 0.29) is 18.2 Å². The Morgan fingerprint density at radius 1 is 1.53 bits per heavy atom. The fourth-order valence-electron chi connectivity index (χ4n) is 1.57. The molecule has 2 amide bonds. The number of nitrogens with one attached hydrogen (secondary N) is 2. The van der Waals surface area contributed by atoms with Crippen LogP contribution in [-0.4, -0.2) is 41.5 Å². The molecule has 1 aliphatic heterocycles. The molecule has 1 aromatic rings. The Morgan fingerprint density at radius 3 is 2.95 bits per heavy atom. The fourth-order valence-corrected chi connectivity index (χ4v) is 2.26. The van der Waals surface area contributed by atoms with Crippen LogP contribution >= 0.6 is 11.3 Å². The van der Waals surface area contributed by atoms with E-state index < -0.39 is 0 Å². The van der Waals surface area contributed by atoms with Crippen LogP contribution in [0.4, 0.5) is 5.13 Å². The minimum atomic E-state index is -0.314. The summed E-state index contributed by atoms with van der Waals surface area (Å²) in [4.78, 5) is 29.1. The molecule has 1 aliphatic rings. The van der Waals surface area contributed by atoms with E-state index >= 15 is 0 Å². The molecule has 0 bridgehead atoms. The Morgan fingerprint density at radius 2 is 2.32 bits per heavy atom.